The van der Waals surface area contributed by atoms with Gasteiger partial charge in [0.2, 0.25) is 0 Å². The van der Waals surface area contributed by atoms with Crippen LogP contribution in [0.2, 0.25) is 0 Å². The lowest BCUT2D eigenvalue weighted by atomic mass is 9.67. The Bertz CT molecular complexity index is 596. The molecule has 0 bridgehead atoms. The zero-order valence-electron chi connectivity index (χ0n) is 16.6. The summed E-state index contributed by atoms with van der Waals surface area (Å²) in [6.07, 6.45) is 7.58. The van der Waals surface area contributed by atoms with E-state index < -0.39 is 0 Å². The normalized spacial score (nSPS) is 24.3. The van der Waals surface area contributed by atoms with E-state index in [4.69, 9.17) is 9.31 Å². The van der Waals surface area contributed by atoms with Crippen LogP contribution in [0.25, 0.3) is 5.57 Å². The quantitative estimate of drug-likeness (QED) is 0.620. The zero-order chi connectivity index (χ0) is 18.1. The second-order valence-corrected chi connectivity index (χ2v) is 8.58. The highest BCUT2D eigenvalue weighted by Gasteiger charge is 2.52. The van der Waals surface area contributed by atoms with Gasteiger partial charge in [0.25, 0.3) is 0 Å². The molecule has 1 aliphatic heterocycles. The van der Waals surface area contributed by atoms with Crippen LogP contribution in [0.3, 0.4) is 0 Å². The van der Waals surface area contributed by atoms with E-state index in [1.807, 2.05) is 0 Å². The summed E-state index contributed by atoms with van der Waals surface area (Å²) in [6, 6.07) is 10.9. The molecule has 1 saturated carbocycles. The Labute approximate surface area is 154 Å². The fraction of sp³-hybridized carbons (Fsp3) is 0.636. The molecule has 1 heterocycles. The highest BCUT2D eigenvalue weighted by molar-refractivity contribution is 6.56. The van der Waals surface area contributed by atoms with Gasteiger partial charge in [-0.05, 0) is 69.5 Å². The molecular formula is C22H33BO2. The molecule has 0 radical (unpaired) electrons. The molecule has 1 aromatic rings. The first-order chi connectivity index (χ1) is 11.9. The predicted octanol–water partition coefficient (Wildman–Crippen LogP) is 6.06. The Morgan fingerprint density at radius 2 is 1.52 bits per heavy atom. The van der Waals surface area contributed by atoms with E-state index in [1.54, 1.807) is 0 Å². The van der Waals surface area contributed by atoms with E-state index in [0.717, 1.165) is 6.42 Å². The fourth-order valence-corrected chi connectivity index (χ4v) is 4.16. The van der Waals surface area contributed by atoms with Gasteiger partial charge >= 0.3 is 7.12 Å². The summed E-state index contributed by atoms with van der Waals surface area (Å²) in [5, 5.41) is 0. The Kier molecular flexibility index (Phi) is 5.46. The first-order valence-electron chi connectivity index (χ1n) is 9.99. The van der Waals surface area contributed by atoms with Crippen LogP contribution in [0.5, 0.6) is 0 Å². The van der Waals surface area contributed by atoms with Crippen LogP contribution in [-0.4, -0.2) is 18.3 Å². The summed E-state index contributed by atoms with van der Waals surface area (Å²) in [5.41, 5.74) is 3.61. The molecule has 1 aromatic carbocycles. The summed E-state index contributed by atoms with van der Waals surface area (Å²) < 4.78 is 12.9. The highest BCUT2D eigenvalue weighted by Crippen LogP contribution is 2.44. The largest absolute Gasteiger partial charge is 0.490 e. The molecule has 0 unspecified atom stereocenters. The Morgan fingerprint density at radius 1 is 0.960 bits per heavy atom. The average molecular weight is 340 g/mol. The molecule has 3 rings (SSSR count). The van der Waals surface area contributed by atoms with E-state index in [9.17, 15) is 0 Å². The molecule has 0 spiro atoms. The van der Waals surface area contributed by atoms with Gasteiger partial charge in [0.1, 0.15) is 0 Å². The van der Waals surface area contributed by atoms with Crippen molar-refractivity contribution in [2.75, 3.05) is 0 Å². The van der Waals surface area contributed by atoms with Gasteiger partial charge in [-0.1, -0.05) is 56.5 Å². The van der Waals surface area contributed by atoms with Gasteiger partial charge in [-0.2, -0.15) is 0 Å². The molecule has 3 heteroatoms. The van der Waals surface area contributed by atoms with E-state index in [-0.39, 0.29) is 18.3 Å². The molecule has 2 aliphatic rings. The van der Waals surface area contributed by atoms with Crippen LogP contribution >= 0.6 is 0 Å². The lowest BCUT2D eigenvalue weighted by Crippen LogP contribution is -2.41. The van der Waals surface area contributed by atoms with Crippen molar-refractivity contribution in [3.63, 3.8) is 0 Å². The van der Waals surface area contributed by atoms with Crippen LogP contribution in [-0.2, 0) is 9.31 Å². The molecule has 1 aliphatic carbocycles. The molecule has 0 atom stereocenters. The number of benzene rings is 1. The standard InChI is InChI=1S/C22H33BO2/c1-6-19(23-24-21(2,3)22(4,5)25-23)20(17-13-9-7-10-14-17)18-15-11-8-12-16-18/h7,9-10,13-14,18H,6,8,11-12,15-16H2,1-5H3/b20-19-. The maximum absolute atomic E-state index is 6.43. The minimum atomic E-state index is -0.285. The van der Waals surface area contributed by atoms with Gasteiger partial charge < -0.3 is 9.31 Å². The van der Waals surface area contributed by atoms with Gasteiger partial charge in [-0.25, -0.2) is 0 Å². The van der Waals surface area contributed by atoms with Gasteiger partial charge in [0.15, 0.2) is 0 Å². The first kappa shape index (κ1) is 18.7. The third kappa shape index (κ3) is 3.73. The minimum Gasteiger partial charge on any atom is -0.400 e. The maximum Gasteiger partial charge on any atom is 0.490 e. The summed E-state index contributed by atoms with van der Waals surface area (Å²) in [5.74, 6) is 0.630. The fourth-order valence-electron chi connectivity index (χ4n) is 4.16. The van der Waals surface area contributed by atoms with E-state index in [0.29, 0.717) is 5.92 Å². The summed E-state index contributed by atoms with van der Waals surface area (Å²) in [4.78, 5) is 0. The monoisotopic (exact) mass is 340 g/mol. The maximum atomic E-state index is 6.43. The van der Waals surface area contributed by atoms with Gasteiger partial charge in [0, 0.05) is 0 Å². The van der Waals surface area contributed by atoms with Crippen molar-refractivity contribution in [2.45, 2.75) is 84.3 Å². The third-order valence-electron chi connectivity index (χ3n) is 6.36. The number of rotatable bonds is 4. The van der Waals surface area contributed by atoms with Crippen molar-refractivity contribution in [3.05, 3.63) is 41.4 Å². The zero-order valence-corrected chi connectivity index (χ0v) is 16.6. The molecule has 0 aromatic heterocycles. The van der Waals surface area contributed by atoms with Crippen LogP contribution in [0.4, 0.5) is 0 Å². The van der Waals surface area contributed by atoms with E-state index in [2.05, 4.69) is 65.0 Å². The number of hydrogen-bond donors (Lipinski definition) is 0. The molecule has 136 valence electrons. The number of allylic oxidation sites excluding steroid dienone is 2. The van der Waals surface area contributed by atoms with Crippen molar-refractivity contribution in [1.29, 1.82) is 0 Å². The Balaban J connectivity index is 2.04. The Hall–Kier alpha value is -1.06. The van der Waals surface area contributed by atoms with Crippen molar-refractivity contribution in [3.8, 4) is 0 Å². The van der Waals surface area contributed by atoms with Crippen LogP contribution in [0, 0.1) is 5.92 Å². The second kappa shape index (κ2) is 7.29. The van der Waals surface area contributed by atoms with Crippen LogP contribution < -0.4 is 0 Å². The molecule has 0 amide bonds. The molecule has 1 saturated heterocycles. The van der Waals surface area contributed by atoms with Crippen LogP contribution in [0.15, 0.2) is 35.8 Å². The second-order valence-electron chi connectivity index (χ2n) is 8.58. The van der Waals surface area contributed by atoms with Crippen molar-refractivity contribution < 1.29 is 9.31 Å². The molecular weight excluding hydrogens is 307 g/mol. The lowest BCUT2D eigenvalue weighted by molar-refractivity contribution is 0.00578. The smallest absolute Gasteiger partial charge is 0.400 e. The lowest BCUT2D eigenvalue weighted by Gasteiger charge is -2.32. The van der Waals surface area contributed by atoms with E-state index >= 15 is 0 Å². The molecule has 0 N–H and O–H groups in total. The number of hydrogen-bond acceptors (Lipinski definition) is 2. The van der Waals surface area contributed by atoms with Gasteiger partial charge in [-0.15, -0.1) is 0 Å². The molecule has 2 nitrogen and oxygen atoms in total. The van der Waals surface area contributed by atoms with Gasteiger partial charge in [0.05, 0.1) is 11.2 Å². The molecule has 25 heavy (non-hydrogen) atoms. The van der Waals surface area contributed by atoms with Crippen molar-refractivity contribution in [1.82, 2.24) is 0 Å². The van der Waals surface area contributed by atoms with Gasteiger partial charge in [-0.3, -0.25) is 0 Å². The predicted molar refractivity (Wildman–Crippen MR) is 106 cm³/mol. The SMILES string of the molecule is CC/C(B1OC(C)(C)C(C)(C)O1)=C(\c1ccccc1)C1CCCCC1. The third-order valence-corrected chi connectivity index (χ3v) is 6.36. The first-order valence-corrected chi connectivity index (χ1v) is 9.99. The molecule has 2 fully saturated rings. The summed E-state index contributed by atoms with van der Waals surface area (Å²) in [6.45, 7) is 10.8. The summed E-state index contributed by atoms with van der Waals surface area (Å²) >= 11 is 0. The topological polar surface area (TPSA) is 18.5 Å². The minimum absolute atomic E-state index is 0.230. The van der Waals surface area contributed by atoms with Crippen molar-refractivity contribution in [2.24, 2.45) is 5.92 Å². The average Bonchev–Trinajstić information content (AvgIpc) is 2.81. The van der Waals surface area contributed by atoms with Crippen LogP contribution in [0.1, 0.15) is 78.7 Å². The Morgan fingerprint density at radius 3 is 2.04 bits per heavy atom. The summed E-state index contributed by atoms with van der Waals surface area (Å²) in [7, 11) is -0.230. The van der Waals surface area contributed by atoms with Crippen molar-refractivity contribution >= 4 is 12.7 Å². The highest BCUT2D eigenvalue weighted by atomic mass is 16.7. The van der Waals surface area contributed by atoms with E-state index in [1.165, 1.54) is 48.7 Å².